The summed E-state index contributed by atoms with van der Waals surface area (Å²) in [4.78, 5) is 0. The molecule has 5 aliphatic rings. The lowest BCUT2D eigenvalue weighted by Crippen LogP contribution is -2.64. The molecule has 0 amide bonds. The SMILES string of the molecule is CC(C)=CCC[C@](C)(OC1OC(CO)C(O)C(O)C1O)C1CC[C@]2(C)C1CCC1[C@@]3(C)CC[C@H](O)C(C)(C)C3CC[C@]12C. The first-order valence-electron chi connectivity index (χ1n) is 17.3. The summed E-state index contributed by atoms with van der Waals surface area (Å²) < 4.78 is 12.7. The van der Waals surface area contributed by atoms with E-state index in [1.807, 2.05) is 0 Å². The Bertz CT molecular complexity index is 1040. The predicted octanol–water partition coefficient (Wildman–Crippen LogP) is 5.35. The highest BCUT2D eigenvalue weighted by Gasteiger charge is 2.69. The number of aliphatic hydroxyl groups is 5. The second-order valence-corrected chi connectivity index (χ2v) is 17.1. The smallest absolute Gasteiger partial charge is 0.187 e. The quantitative estimate of drug-likeness (QED) is 0.248. The molecule has 0 aromatic rings. The van der Waals surface area contributed by atoms with Crippen LogP contribution >= 0.6 is 0 Å². The molecule has 4 aliphatic carbocycles. The van der Waals surface area contributed by atoms with Crippen molar-refractivity contribution in [3.8, 4) is 0 Å². The van der Waals surface area contributed by atoms with Crippen molar-refractivity contribution in [2.24, 2.45) is 45.3 Å². The van der Waals surface area contributed by atoms with Gasteiger partial charge in [0.05, 0.1) is 18.3 Å². The van der Waals surface area contributed by atoms with Gasteiger partial charge < -0.3 is 35.0 Å². The molecule has 4 saturated carbocycles. The molecule has 1 aliphatic heterocycles. The summed E-state index contributed by atoms with van der Waals surface area (Å²) in [5.74, 6) is 1.86. The Morgan fingerprint density at radius 1 is 0.837 bits per heavy atom. The van der Waals surface area contributed by atoms with E-state index in [1.165, 1.54) is 24.8 Å². The van der Waals surface area contributed by atoms with Crippen LogP contribution in [0.15, 0.2) is 11.6 Å². The second-order valence-electron chi connectivity index (χ2n) is 17.1. The van der Waals surface area contributed by atoms with Crippen LogP contribution in [-0.2, 0) is 9.47 Å². The average Bonchev–Trinajstić information content (AvgIpc) is 3.30. The third kappa shape index (κ3) is 5.20. The molecule has 0 radical (unpaired) electrons. The van der Waals surface area contributed by atoms with Crippen LogP contribution in [0.5, 0.6) is 0 Å². The first-order valence-corrected chi connectivity index (χ1v) is 17.3. The van der Waals surface area contributed by atoms with Gasteiger partial charge in [0.25, 0.3) is 0 Å². The molecule has 9 unspecified atom stereocenters. The van der Waals surface area contributed by atoms with E-state index in [2.05, 4.69) is 61.5 Å². The predicted molar refractivity (Wildman–Crippen MR) is 167 cm³/mol. The van der Waals surface area contributed by atoms with E-state index < -0.39 is 42.9 Å². The molecule has 5 rings (SSSR count). The van der Waals surface area contributed by atoms with Crippen molar-refractivity contribution in [3.05, 3.63) is 11.6 Å². The lowest BCUT2D eigenvalue weighted by Gasteiger charge is -2.70. The fraction of sp³-hybridized carbons (Fsp3) is 0.944. The summed E-state index contributed by atoms with van der Waals surface area (Å²) >= 11 is 0. The maximum absolute atomic E-state index is 11.0. The zero-order valence-corrected chi connectivity index (χ0v) is 28.2. The van der Waals surface area contributed by atoms with Gasteiger partial charge in [0, 0.05) is 0 Å². The molecular weight excluding hydrogens is 544 g/mol. The molecule has 0 aromatic carbocycles. The maximum atomic E-state index is 11.0. The van der Waals surface area contributed by atoms with Crippen LogP contribution in [0.3, 0.4) is 0 Å². The molecule has 5 fully saturated rings. The van der Waals surface area contributed by atoms with Gasteiger partial charge in [-0.2, -0.15) is 0 Å². The van der Waals surface area contributed by atoms with E-state index in [0.717, 1.165) is 44.9 Å². The summed E-state index contributed by atoms with van der Waals surface area (Å²) in [7, 11) is 0. The second kappa shape index (κ2) is 11.6. The molecule has 0 spiro atoms. The topological polar surface area (TPSA) is 120 Å². The Hall–Kier alpha value is -0.540. The molecule has 1 heterocycles. The highest BCUT2D eigenvalue weighted by molar-refractivity contribution is 5.18. The number of ether oxygens (including phenoxy) is 2. The molecule has 5 N–H and O–H groups in total. The van der Waals surface area contributed by atoms with Crippen molar-refractivity contribution >= 4 is 0 Å². The van der Waals surface area contributed by atoms with Crippen molar-refractivity contribution in [3.63, 3.8) is 0 Å². The van der Waals surface area contributed by atoms with Gasteiger partial charge in [-0.25, -0.2) is 0 Å². The molecular formula is C36H62O7. The van der Waals surface area contributed by atoms with Gasteiger partial charge in [-0.1, -0.05) is 46.3 Å². The zero-order chi connectivity index (χ0) is 31.8. The van der Waals surface area contributed by atoms with Gasteiger partial charge in [-0.15, -0.1) is 0 Å². The number of hydrogen-bond acceptors (Lipinski definition) is 7. The third-order valence-corrected chi connectivity index (χ3v) is 14.6. The standard InChI is InChI=1S/C36H62O7/c1-21(2)10-9-16-36(8,43-31-30(41)29(40)28(39)24(20-37)42-31)23-13-18-34(6)22(23)11-12-26-33(5)17-15-27(38)32(3,4)25(33)14-19-35(26,34)7/h10,22-31,37-41H,9,11-20H2,1-8H3/t22?,23?,24?,25?,26?,27-,28?,29?,30?,31?,33-,34+,35+,36-/m0/s1. The minimum Gasteiger partial charge on any atom is -0.394 e. The van der Waals surface area contributed by atoms with E-state index in [1.54, 1.807) is 0 Å². The molecule has 0 bridgehead atoms. The number of hydrogen-bond donors (Lipinski definition) is 5. The Balaban J connectivity index is 1.45. The van der Waals surface area contributed by atoms with Crippen LogP contribution in [0.1, 0.15) is 120 Å². The van der Waals surface area contributed by atoms with Gasteiger partial charge >= 0.3 is 0 Å². The molecule has 7 nitrogen and oxygen atoms in total. The van der Waals surface area contributed by atoms with Crippen molar-refractivity contribution in [2.75, 3.05) is 6.61 Å². The van der Waals surface area contributed by atoms with Crippen LogP contribution in [0, 0.1) is 45.3 Å². The lowest BCUT2D eigenvalue weighted by molar-refractivity contribution is -0.334. The number of allylic oxidation sites excluding steroid dienone is 2. The molecule has 43 heavy (non-hydrogen) atoms. The van der Waals surface area contributed by atoms with Crippen LogP contribution in [0.25, 0.3) is 0 Å². The Morgan fingerprint density at radius 2 is 1.51 bits per heavy atom. The molecule has 248 valence electrons. The van der Waals surface area contributed by atoms with Crippen LogP contribution in [0.4, 0.5) is 0 Å². The van der Waals surface area contributed by atoms with E-state index >= 15 is 0 Å². The van der Waals surface area contributed by atoms with Gasteiger partial charge in [0.2, 0.25) is 0 Å². The first-order chi connectivity index (χ1) is 20.0. The van der Waals surface area contributed by atoms with Crippen LogP contribution in [0.2, 0.25) is 0 Å². The Morgan fingerprint density at radius 3 is 2.16 bits per heavy atom. The third-order valence-electron chi connectivity index (χ3n) is 14.6. The number of rotatable bonds is 7. The summed E-state index contributed by atoms with van der Waals surface area (Å²) in [6.07, 6.45) is 6.12. The molecule has 14 atom stereocenters. The summed E-state index contributed by atoms with van der Waals surface area (Å²) in [5, 5.41) is 52.7. The maximum Gasteiger partial charge on any atom is 0.187 e. The summed E-state index contributed by atoms with van der Waals surface area (Å²) in [5.41, 5.74) is 1.13. The lowest BCUT2D eigenvalue weighted by atomic mass is 9.35. The van der Waals surface area contributed by atoms with Crippen molar-refractivity contribution in [2.45, 2.75) is 162 Å². The number of fused-ring (bicyclic) bond motifs is 5. The highest BCUT2D eigenvalue weighted by Crippen LogP contribution is 2.76. The fourth-order valence-electron chi connectivity index (χ4n) is 11.9. The monoisotopic (exact) mass is 606 g/mol. The largest absolute Gasteiger partial charge is 0.394 e. The zero-order valence-electron chi connectivity index (χ0n) is 28.2. The van der Waals surface area contributed by atoms with Gasteiger partial charge in [-0.3, -0.25) is 0 Å². The van der Waals surface area contributed by atoms with Crippen molar-refractivity contribution < 1.29 is 35.0 Å². The molecule has 7 heteroatoms. The van der Waals surface area contributed by atoms with Crippen molar-refractivity contribution in [1.82, 2.24) is 0 Å². The Kier molecular flexibility index (Phi) is 9.13. The average molecular weight is 607 g/mol. The van der Waals surface area contributed by atoms with E-state index in [4.69, 9.17) is 9.47 Å². The minimum atomic E-state index is -1.45. The first kappa shape index (κ1) is 33.8. The Labute approximate surface area is 260 Å². The van der Waals surface area contributed by atoms with E-state index in [-0.39, 0.29) is 33.7 Å². The van der Waals surface area contributed by atoms with Gasteiger partial charge in [0.1, 0.15) is 24.4 Å². The highest BCUT2D eigenvalue weighted by atomic mass is 16.7. The summed E-state index contributed by atoms with van der Waals surface area (Å²) in [6.45, 7) is 18.2. The van der Waals surface area contributed by atoms with Gasteiger partial charge in [-0.05, 0) is 130 Å². The molecule has 1 saturated heterocycles. The van der Waals surface area contributed by atoms with E-state index in [9.17, 15) is 25.5 Å². The minimum absolute atomic E-state index is 0.0625. The van der Waals surface area contributed by atoms with Gasteiger partial charge in [0.15, 0.2) is 6.29 Å². The van der Waals surface area contributed by atoms with E-state index in [0.29, 0.717) is 17.8 Å². The van der Waals surface area contributed by atoms with Crippen LogP contribution < -0.4 is 0 Å². The number of aliphatic hydroxyl groups excluding tert-OH is 5. The normalized spacial score (nSPS) is 50.6. The molecule has 0 aromatic heterocycles. The van der Waals surface area contributed by atoms with Crippen molar-refractivity contribution in [1.29, 1.82) is 0 Å². The van der Waals surface area contributed by atoms with Crippen LogP contribution in [-0.4, -0.2) is 74.6 Å². The fourth-order valence-corrected chi connectivity index (χ4v) is 11.9. The summed E-state index contributed by atoms with van der Waals surface area (Å²) in [6, 6.07) is 0.